The molecular weight excluding hydrogens is 426 g/mol. The lowest BCUT2D eigenvalue weighted by atomic mass is 10.0. The van der Waals surface area contributed by atoms with Crippen LogP contribution in [0.15, 0.2) is 85.2 Å². The summed E-state index contributed by atoms with van der Waals surface area (Å²) in [6.07, 6.45) is 3.71. The number of ether oxygens (including phenoxy) is 2. The van der Waals surface area contributed by atoms with E-state index in [4.69, 9.17) is 19.4 Å². The highest BCUT2D eigenvalue weighted by atomic mass is 16.5. The van der Waals surface area contributed by atoms with Gasteiger partial charge in [-0.1, -0.05) is 42.5 Å². The number of benzene rings is 3. The van der Waals surface area contributed by atoms with Gasteiger partial charge in [-0.2, -0.15) is 0 Å². The first-order valence-electron chi connectivity index (χ1n) is 10.9. The fraction of sp³-hybridized carbons (Fsp3) is 0.148. The minimum absolute atomic E-state index is 0.314. The van der Waals surface area contributed by atoms with Crippen LogP contribution in [0, 0.1) is 0 Å². The van der Waals surface area contributed by atoms with Crippen LogP contribution in [0.1, 0.15) is 17.4 Å². The molecule has 0 amide bonds. The zero-order valence-electron chi connectivity index (χ0n) is 19.3. The molecule has 2 aromatic heterocycles. The van der Waals surface area contributed by atoms with Gasteiger partial charge >= 0.3 is 0 Å². The summed E-state index contributed by atoms with van der Waals surface area (Å²) >= 11 is 0. The molecule has 0 spiro atoms. The highest BCUT2D eigenvalue weighted by Gasteiger charge is 2.22. The van der Waals surface area contributed by atoms with E-state index in [-0.39, 0.29) is 6.04 Å². The average Bonchev–Trinajstić information content (AvgIpc) is 3.32. The Bertz CT molecular complexity index is 1410. The van der Waals surface area contributed by atoms with E-state index in [9.17, 15) is 0 Å². The molecule has 5 rings (SSSR count). The SMILES string of the molecule is COc1cc(OC)cc([C@H](Nc2nc(-c3ccccc3)nc3ccccc23)c2nccn2C)c1. The van der Waals surface area contributed by atoms with E-state index in [1.54, 1.807) is 20.4 Å². The molecule has 7 nitrogen and oxygen atoms in total. The summed E-state index contributed by atoms with van der Waals surface area (Å²) in [6, 6.07) is 23.5. The van der Waals surface area contributed by atoms with Gasteiger partial charge in [-0.05, 0) is 29.8 Å². The number of nitrogens with zero attached hydrogens (tertiary/aromatic N) is 4. The summed E-state index contributed by atoms with van der Waals surface area (Å²) in [5, 5.41) is 4.58. The third kappa shape index (κ3) is 4.15. The van der Waals surface area contributed by atoms with Gasteiger partial charge in [0.25, 0.3) is 0 Å². The van der Waals surface area contributed by atoms with Crippen LogP contribution in [0.5, 0.6) is 11.5 Å². The number of aryl methyl sites for hydroxylation is 1. The van der Waals surface area contributed by atoms with E-state index in [1.165, 1.54) is 0 Å². The predicted octanol–water partition coefficient (Wildman–Crippen LogP) is 5.25. The third-order valence-electron chi connectivity index (χ3n) is 5.74. The van der Waals surface area contributed by atoms with Crippen LogP contribution in [0.4, 0.5) is 5.82 Å². The number of aromatic nitrogens is 4. The lowest BCUT2D eigenvalue weighted by molar-refractivity contribution is 0.393. The third-order valence-corrected chi connectivity index (χ3v) is 5.74. The molecule has 0 radical (unpaired) electrons. The summed E-state index contributed by atoms with van der Waals surface area (Å²) in [6.45, 7) is 0. The monoisotopic (exact) mass is 451 g/mol. The second-order valence-corrected chi connectivity index (χ2v) is 7.90. The zero-order valence-corrected chi connectivity index (χ0v) is 19.3. The normalized spacial score (nSPS) is 11.9. The molecule has 1 atom stereocenters. The van der Waals surface area contributed by atoms with Gasteiger partial charge in [0.15, 0.2) is 5.82 Å². The molecule has 0 unspecified atom stereocenters. The number of hydrogen-bond donors (Lipinski definition) is 1. The number of nitrogens with one attached hydrogen (secondary N) is 1. The minimum atomic E-state index is -0.314. The molecule has 7 heteroatoms. The molecule has 0 aliphatic rings. The van der Waals surface area contributed by atoms with Crippen molar-refractivity contribution in [2.24, 2.45) is 7.05 Å². The second-order valence-electron chi connectivity index (χ2n) is 7.90. The van der Waals surface area contributed by atoms with Gasteiger partial charge in [-0.25, -0.2) is 15.0 Å². The Morgan fingerprint density at radius 3 is 2.24 bits per heavy atom. The van der Waals surface area contributed by atoms with E-state index >= 15 is 0 Å². The van der Waals surface area contributed by atoms with E-state index in [0.29, 0.717) is 17.3 Å². The number of fused-ring (bicyclic) bond motifs is 1. The summed E-state index contributed by atoms with van der Waals surface area (Å²) < 4.78 is 13.1. The number of anilines is 1. The van der Waals surface area contributed by atoms with Crippen molar-refractivity contribution in [1.82, 2.24) is 19.5 Å². The Morgan fingerprint density at radius 1 is 0.853 bits per heavy atom. The molecule has 170 valence electrons. The maximum Gasteiger partial charge on any atom is 0.162 e. The molecule has 5 aromatic rings. The second kappa shape index (κ2) is 9.23. The van der Waals surface area contributed by atoms with Crippen molar-refractivity contribution >= 4 is 16.7 Å². The van der Waals surface area contributed by atoms with Crippen LogP contribution in [-0.4, -0.2) is 33.7 Å². The lowest BCUT2D eigenvalue weighted by Crippen LogP contribution is -2.18. The Kier molecular flexibility index (Phi) is 5.82. The van der Waals surface area contributed by atoms with Gasteiger partial charge in [0, 0.05) is 36.5 Å². The van der Waals surface area contributed by atoms with Crippen molar-refractivity contribution in [3.8, 4) is 22.9 Å². The molecule has 2 heterocycles. The summed E-state index contributed by atoms with van der Waals surface area (Å²) in [7, 11) is 5.26. The molecular formula is C27H25N5O2. The molecule has 0 bridgehead atoms. The average molecular weight is 452 g/mol. The molecule has 1 N–H and O–H groups in total. The smallest absolute Gasteiger partial charge is 0.162 e. The number of methoxy groups -OCH3 is 2. The number of hydrogen-bond acceptors (Lipinski definition) is 6. The lowest BCUT2D eigenvalue weighted by Gasteiger charge is -2.22. The molecule has 0 fully saturated rings. The van der Waals surface area contributed by atoms with Crippen molar-refractivity contribution in [3.05, 3.63) is 96.6 Å². The Morgan fingerprint density at radius 2 is 1.56 bits per heavy atom. The quantitative estimate of drug-likeness (QED) is 0.364. The highest BCUT2D eigenvalue weighted by Crippen LogP contribution is 2.34. The summed E-state index contributed by atoms with van der Waals surface area (Å²) in [5.74, 6) is 3.61. The van der Waals surface area contributed by atoms with E-state index in [2.05, 4.69) is 10.3 Å². The first-order chi connectivity index (χ1) is 16.7. The fourth-order valence-electron chi connectivity index (χ4n) is 3.99. The van der Waals surface area contributed by atoms with E-state index < -0.39 is 0 Å². The van der Waals surface area contributed by atoms with E-state index in [1.807, 2.05) is 90.6 Å². The van der Waals surface area contributed by atoms with Gasteiger partial charge < -0.3 is 19.4 Å². The number of imidazole rings is 1. The van der Waals surface area contributed by atoms with E-state index in [0.717, 1.165) is 33.7 Å². The molecule has 0 aliphatic carbocycles. The molecule has 0 aliphatic heterocycles. The maximum atomic E-state index is 5.53. The number of para-hydroxylation sites is 1. The first kappa shape index (κ1) is 21.5. The van der Waals surface area contributed by atoms with Crippen molar-refractivity contribution < 1.29 is 9.47 Å². The van der Waals surface area contributed by atoms with Crippen molar-refractivity contribution in [2.75, 3.05) is 19.5 Å². The predicted molar refractivity (Wildman–Crippen MR) is 133 cm³/mol. The van der Waals surface area contributed by atoms with Gasteiger partial charge in [-0.15, -0.1) is 0 Å². The van der Waals surface area contributed by atoms with Crippen molar-refractivity contribution in [2.45, 2.75) is 6.04 Å². The molecule has 34 heavy (non-hydrogen) atoms. The van der Waals surface area contributed by atoms with Crippen molar-refractivity contribution in [1.29, 1.82) is 0 Å². The molecule has 0 saturated heterocycles. The summed E-state index contributed by atoms with van der Waals surface area (Å²) in [5.41, 5.74) is 2.75. The standard InChI is InChI=1S/C27H25N5O2/c1-32-14-13-28-27(32)24(19-15-20(33-2)17-21(16-19)34-3)30-26-22-11-7-8-12-23(22)29-25(31-26)18-9-5-4-6-10-18/h4-17,24H,1-3H3,(H,29,30,31)/t24-/m0/s1. The molecule has 0 saturated carbocycles. The summed E-state index contributed by atoms with van der Waals surface area (Å²) in [4.78, 5) is 14.4. The van der Waals surface area contributed by atoms with Crippen LogP contribution in [0.2, 0.25) is 0 Å². The Hall–Kier alpha value is -4.39. The maximum absolute atomic E-state index is 5.53. The van der Waals surface area contributed by atoms with Crippen LogP contribution < -0.4 is 14.8 Å². The first-order valence-corrected chi connectivity index (χ1v) is 10.9. The largest absolute Gasteiger partial charge is 0.497 e. The van der Waals surface area contributed by atoms with Crippen LogP contribution in [0.3, 0.4) is 0 Å². The fourth-order valence-corrected chi connectivity index (χ4v) is 3.99. The highest BCUT2D eigenvalue weighted by molar-refractivity contribution is 5.90. The van der Waals surface area contributed by atoms with Crippen molar-refractivity contribution in [3.63, 3.8) is 0 Å². The van der Waals surface area contributed by atoms with Gasteiger partial charge in [0.2, 0.25) is 0 Å². The number of rotatable bonds is 7. The zero-order chi connectivity index (χ0) is 23.5. The van der Waals surface area contributed by atoms with Crippen LogP contribution in [0.25, 0.3) is 22.3 Å². The molecule has 3 aromatic carbocycles. The minimum Gasteiger partial charge on any atom is -0.497 e. The van der Waals surface area contributed by atoms with Crippen LogP contribution >= 0.6 is 0 Å². The van der Waals surface area contributed by atoms with Gasteiger partial charge in [0.1, 0.15) is 29.2 Å². The Labute approximate surface area is 198 Å². The van der Waals surface area contributed by atoms with Gasteiger partial charge in [-0.3, -0.25) is 0 Å². The Balaban J connectivity index is 1.68. The van der Waals surface area contributed by atoms with Gasteiger partial charge in [0.05, 0.1) is 19.7 Å². The van der Waals surface area contributed by atoms with Crippen LogP contribution in [-0.2, 0) is 7.05 Å². The topological polar surface area (TPSA) is 74.1 Å².